The Kier molecular flexibility index (Phi) is 5.23. The maximum absolute atomic E-state index is 5.65. The van der Waals surface area contributed by atoms with E-state index in [9.17, 15) is 0 Å². The molecular formula is C15H16BrN3S. The Labute approximate surface area is 132 Å². The zero-order valence-corrected chi connectivity index (χ0v) is 13.6. The van der Waals surface area contributed by atoms with E-state index >= 15 is 0 Å². The largest absolute Gasteiger partial charge is 0.389 e. The minimum atomic E-state index is 0.434. The Hall–Kier alpha value is -1.30. The normalized spacial score (nSPS) is 10.8. The summed E-state index contributed by atoms with van der Waals surface area (Å²) in [7, 11) is 2.07. The first-order valence-electron chi connectivity index (χ1n) is 6.22. The molecule has 20 heavy (non-hydrogen) atoms. The van der Waals surface area contributed by atoms with Gasteiger partial charge in [0, 0.05) is 29.3 Å². The van der Waals surface area contributed by atoms with Gasteiger partial charge in [-0.15, -0.1) is 0 Å². The Morgan fingerprint density at radius 2 is 2.10 bits per heavy atom. The lowest BCUT2D eigenvalue weighted by atomic mass is 10.1. The van der Waals surface area contributed by atoms with Crippen LogP contribution in [0, 0.1) is 0 Å². The lowest BCUT2D eigenvalue weighted by molar-refractivity contribution is 0.315. The van der Waals surface area contributed by atoms with E-state index in [4.69, 9.17) is 18.0 Å². The molecule has 0 fully saturated rings. The molecule has 1 aromatic carbocycles. The lowest BCUT2D eigenvalue weighted by Crippen LogP contribution is -2.18. The van der Waals surface area contributed by atoms with Gasteiger partial charge >= 0.3 is 0 Å². The molecule has 0 bridgehead atoms. The SMILES string of the molecule is CN(Cc1cccc(C(N)=S)c1)Cc1ccc(Br)cn1. The van der Waals surface area contributed by atoms with Gasteiger partial charge in [0.25, 0.3) is 0 Å². The Morgan fingerprint density at radius 1 is 1.30 bits per heavy atom. The predicted octanol–water partition coefficient (Wildman–Crippen LogP) is 3.11. The van der Waals surface area contributed by atoms with Crippen molar-refractivity contribution < 1.29 is 0 Å². The number of hydrogen-bond acceptors (Lipinski definition) is 3. The molecule has 104 valence electrons. The van der Waals surface area contributed by atoms with Crippen LogP contribution in [0.5, 0.6) is 0 Å². The third-order valence-corrected chi connectivity index (χ3v) is 3.59. The molecule has 0 aliphatic carbocycles. The second-order valence-electron chi connectivity index (χ2n) is 4.70. The number of nitrogens with two attached hydrogens (primary N) is 1. The molecular weight excluding hydrogens is 334 g/mol. The number of halogens is 1. The molecule has 2 aromatic rings. The molecule has 0 saturated carbocycles. The minimum absolute atomic E-state index is 0.434. The summed E-state index contributed by atoms with van der Waals surface area (Å²) in [6.07, 6.45) is 1.82. The summed E-state index contributed by atoms with van der Waals surface area (Å²) in [6.45, 7) is 1.62. The molecule has 0 amide bonds. The van der Waals surface area contributed by atoms with Crippen molar-refractivity contribution in [3.63, 3.8) is 0 Å². The van der Waals surface area contributed by atoms with E-state index in [1.165, 1.54) is 5.56 Å². The number of rotatable bonds is 5. The summed E-state index contributed by atoms with van der Waals surface area (Å²) >= 11 is 8.39. The second kappa shape index (κ2) is 6.92. The maximum atomic E-state index is 5.65. The summed E-state index contributed by atoms with van der Waals surface area (Å²) in [5.74, 6) is 0. The number of hydrogen-bond donors (Lipinski definition) is 1. The van der Waals surface area contributed by atoms with Gasteiger partial charge in [-0.25, -0.2) is 0 Å². The summed E-state index contributed by atoms with van der Waals surface area (Å²) < 4.78 is 0.994. The highest BCUT2D eigenvalue weighted by Gasteiger charge is 2.04. The van der Waals surface area contributed by atoms with Crippen LogP contribution in [0.25, 0.3) is 0 Å². The average molecular weight is 350 g/mol. The zero-order chi connectivity index (χ0) is 14.5. The van der Waals surface area contributed by atoms with Crippen LogP contribution in [0.15, 0.2) is 47.1 Å². The van der Waals surface area contributed by atoms with Gasteiger partial charge < -0.3 is 5.73 Å². The number of thiocarbonyl (C=S) groups is 1. The molecule has 2 N–H and O–H groups in total. The highest BCUT2D eigenvalue weighted by molar-refractivity contribution is 9.10. The van der Waals surface area contributed by atoms with Gasteiger partial charge in [0.05, 0.1) is 5.69 Å². The molecule has 2 rings (SSSR count). The Morgan fingerprint density at radius 3 is 2.75 bits per heavy atom. The van der Waals surface area contributed by atoms with Crippen molar-refractivity contribution in [3.8, 4) is 0 Å². The molecule has 0 saturated heterocycles. The van der Waals surface area contributed by atoms with Gasteiger partial charge in [0.2, 0.25) is 0 Å². The van der Waals surface area contributed by atoms with Crippen LogP contribution in [0.2, 0.25) is 0 Å². The second-order valence-corrected chi connectivity index (χ2v) is 6.06. The highest BCUT2D eigenvalue weighted by atomic mass is 79.9. The van der Waals surface area contributed by atoms with Crippen molar-refractivity contribution in [1.29, 1.82) is 0 Å². The van der Waals surface area contributed by atoms with Crippen LogP contribution in [-0.2, 0) is 13.1 Å². The molecule has 3 nitrogen and oxygen atoms in total. The molecule has 0 unspecified atom stereocenters. The number of pyridine rings is 1. The van der Waals surface area contributed by atoms with E-state index in [-0.39, 0.29) is 0 Å². The van der Waals surface area contributed by atoms with Crippen LogP contribution in [0.1, 0.15) is 16.8 Å². The Balaban J connectivity index is 2.00. The van der Waals surface area contributed by atoms with Crippen LogP contribution in [-0.4, -0.2) is 21.9 Å². The molecule has 0 spiro atoms. The third-order valence-electron chi connectivity index (χ3n) is 2.88. The molecule has 1 aromatic heterocycles. The molecule has 0 aliphatic heterocycles. The van der Waals surface area contributed by atoms with Crippen molar-refractivity contribution in [2.24, 2.45) is 5.73 Å². The Bertz CT molecular complexity index is 598. The summed E-state index contributed by atoms with van der Waals surface area (Å²) in [5, 5.41) is 0. The fraction of sp³-hybridized carbons (Fsp3) is 0.200. The van der Waals surface area contributed by atoms with E-state index in [2.05, 4.69) is 38.9 Å². The maximum Gasteiger partial charge on any atom is 0.103 e. The predicted molar refractivity (Wildman–Crippen MR) is 89.4 cm³/mol. The first-order valence-corrected chi connectivity index (χ1v) is 7.42. The molecule has 1 heterocycles. The van der Waals surface area contributed by atoms with Crippen LogP contribution in [0.4, 0.5) is 0 Å². The molecule has 0 aliphatic rings. The molecule has 0 atom stereocenters. The average Bonchev–Trinajstić information content (AvgIpc) is 2.41. The van der Waals surface area contributed by atoms with Gasteiger partial charge in [-0.1, -0.05) is 30.4 Å². The van der Waals surface area contributed by atoms with Crippen LogP contribution < -0.4 is 5.73 Å². The monoisotopic (exact) mass is 349 g/mol. The van der Waals surface area contributed by atoms with E-state index in [1.807, 2.05) is 36.5 Å². The van der Waals surface area contributed by atoms with E-state index in [0.717, 1.165) is 28.8 Å². The van der Waals surface area contributed by atoms with E-state index in [0.29, 0.717) is 4.99 Å². The van der Waals surface area contributed by atoms with Gasteiger partial charge in [-0.3, -0.25) is 9.88 Å². The summed E-state index contributed by atoms with van der Waals surface area (Å²) in [5.41, 5.74) is 8.80. The van der Waals surface area contributed by atoms with Crippen molar-refractivity contribution in [1.82, 2.24) is 9.88 Å². The molecule has 0 radical (unpaired) electrons. The van der Waals surface area contributed by atoms with E-state index < -0.39 is 0 Å². The zero-order valence-electron chi connectivity index (χ0n) is 11.2. The van der Waals surface area contributed by atoms with Crippen LogP contribution >= 0.6 is 28.1 Å². The van der Waals surface area contributed by atoms with Gasteiger partial charge in [0.15, 0.2) is 0 Å². The topological polar surface area (TPSA) is 42.1 Å². The van der Waals surface area contributed by atoms with Crippen molar-refractivity contribution >= 4 is 33.1 Å². The number of nitrogens with zero attached hydrogens (tertiary/aromatic N) is 2. The third kappa shape index (κ3) is 4.37. The lowest BCUT2D eigenvalue weighted by Gasteiger charge is -2.16. The number of aromatic nitrogens is 1. The first-order chi connectivity index (χ1) is 9.54. The quantitative estimate of drug-likeness (QED) is 0.842. The fourth-order valence-electron chi connectivity index (χ4n) is 1.97. The minimum Gasteiger partial charge on any atom is -0.389 e. The van der Waals surface area contributed by atoms with Crippen molar-refractivity contribution in [3.05, 3.63) is 63.9 Å². The standard InChI is InChI=1S/C15H16BrN3S/c1-19(10-14-6-5-13(16)8-18-14)9-11-3-2-4-12(7-11)15(17)20/h2-8H,9-10H2,1H3,(H2,17,20). The van der Waals surface area contributed by atoms with Gasteiger partial charge in [-0.2, -0.15) is 0 Å². The van der Waals surface area contributed by atoms with Crippen LogP contribution in [0.3, 0.4) is 0 Å². The molecule has 5 heteroatoms. The number of benzene rings is 1. The summed E-state index contributed by atoms with van der Waals surface area (Å²) in [6, 6.07) is 12.1. The fourth-order valence-corrected chi connectivity index (χ4v) is 2.33. The van der Waals surface area contributed by atoms with Gasteiger partial charge in [-0.05, 0) is 46.7 Å². The smallest absolute Gasteiger partial charge is 0.103 e. The van der Waals surface area contributed by atoms with Gasteiger partial charge in [0.1, 0.15) is 4.99 Å². The summed E-state index contributed by atoms with van der Waals surface area (Å²) in [4.78, 5) is 7.01. The highest BCUT2D eigenvalue weighted by Crippen LogP contribution is 2.11. The van der Waals surface area contributed by atoms with Crippen molar-refractivity contribution in [2.75, 3.05) is 7.05 Å². The van der Waals surface area contributed by atoms with Crippen molar-refractivity contribution in [2.45, 2.75) is 13.1 Å². The van der Waals surface area contributed by atoms with E-state index in [1.54, 1.807) is 0 Å². The first kappa shape index (κ1) is 15.1.